The van der Waals surface area contributed by atoms with Gasteiger partial charge in [0.1, 0.15) is 0 Å². The van der Waals surface area contributed by atoms with E-state index in [4.69, 9.17) is 4.74 Å². The number of morpholine rings is 1. The van der Waals surface area contributed by atoms with E-state index in [0.717, 1.165) is 13.1 Å². The second kappa shape index (κ2) is 7.95. The molecule has 1 aliphatic carbocycles. The molecule has 0 bridgehead atoms. The van der Waals surface area contributed by atoms with Gasteiger partial charge in [0.05, 0.1) is 17.6 Å². The van der Waals surface area contributed by atoms with Crippen LogP contribution in [0, 0.1) is 0 Å². The summed E-state index contributed by atoms with van der Waals surface area (Å²) < 4.78 is 33.2. The van der Waals surface area contributed by atoms with Crippen molar-refractivity contribution in [1.82, 2.24) is 9.62 Å². The second-order valence-corrected chi connectivity index (χ2v) is 8.78. The van der Waals surface area contributed by atoms with Crippen molar-refractivity contribution in [3.8, 4) is 0 Å². The molecule has 0 amide bonds. The number of ether oxygens (including phenoxy) is 1. The second-order valence-electron chi connectivity index (χ2n) is 7.01. The predicted octanol–water partition coefficient (Wildman–Crippen LogP) is 2.34. The Morgan fingerprint density at radius 1 is 1.17 bits per heavy atom. The maximum absolute atomic E-state index is 12.5. The van der Waals surface area contributed by atoms with Gasteiger partial charge in [-0.2, -0.15) is 0 Å². The summed E-state index contributed by atoms with van der Waals surface area (Å²) in [6, 6.07) is 7.44. The summed E-state index contributed by atoms with van der Waals surface area (Å²) >= 11 is 0. The lowest BCUT2D eigenvalue weighted by molar-refractivity contribution is -0.0156. The van der Waals surface area contributed by atoms with Gasteiger partial charge in [-0.3, -0.25) is 0 Å². The van der Waals surface area contributed by atoms with E-state index < -0.39 is 10.0 Å². The molecule has 0 radical (unpaired) electrons. The van der Waals surface area contributed by atoms with Crippen LogP contribution in [0.4, 0.5) is 0 Å². The third kappa shape index (κ3) is 4.57. The summed E-state index contributed by atoms with van der Waals surface area (Å²) in [6.07, 6.45) is 6.24. The monoisotopic (exact) mass is 352 g/mol. The van der Waals surface area contributed by atoms with E-state index in [1.807, 2.05) is 19.2 Å². The molecule has 1 saturated heterocycles. The van der Waals surface area contributed by atoms with Crippen LogP contribution in [0.5, 0.6) is 0 Å². The highest BCUT2D eigenvalue weighted by Gasteiger charge is 2.22. The number of hydrogen-bond donors (Lipinski definition) is 1. The lowest BCUT2D eigenvalue weighted by atomic mass is 9.84. The molecule has 5 nitrogen and oxygen atoms in total. The first-order valence-corrected chi connectivity index (χ1v) is 10.4. The normalized spacial score (nSPS) is 24.1. The van der Waals surface area contributed by atoms with Gasteiger partial charge < -0.3 is 9.64 Å². The molecule has 24 heavy (non-hydrogen) atoms. The Labute approximate surface area is 145 Å². The van der Waals surface area contributed by atoms with E-state index in [1.165, 1.54) is 37.7 Å². The summed E-state index contributed by atoms with van der Waals surface area (Å²) in [5.41, 5.74) is 1.27. The number of hydrogen-bond acceptors (Lipinski definition) is 4. The quantitative estimate of drug-likeness (QED) is 0.884. The maximum Gasteiger partial charge on any atom is 0.240 e. The van der Waals surface area contributed by atoms with Crippen LogP contribution in [0.15, 0.2) is 29.2 Å². The van der Waals surface area contributed by atoms with Crippen molar-refractivity contribution in [2.75, 3.05) is 33.3 Å². The first kappa shape index (κ1) is 17.9. The first-order valence-electron chi connectivity index (χ1n) is 8.94. The van der Waals surface area contributed by atoms with Gasteiger partial charge >= 0.3 is 0 Å². The molecule has 2 fully saturated rings. The van der Waals surface area contributed by atoms with Gasteiger partial charge in [-0.25, -0.2) is 13.1 Å². The van der Waals surface area contributed by atoms with E-state index in [0.29, 0.717) is 24.0 Å². The van der Waals surface area contributed by atoms with Crippen LogP contribution >= 0.6 is 0 Å². The topological polar surface area (TPSA) is 58.6 Å². The summed E-state index contributed by atoms with van der Waals surface area (Å²) in [6.45, 7) is 2.62. The molecule has 2 aliphatic rings. The first-order chi connectivity index (χ1) is 11.5. The van der Waals surface area contributed by atoms with E-state index in [2.05, 4.69) is 9.62 Å². The highest BCUT2D eigenvalue weighted by Crippen LogP contribution is 2.32. The number of sulfonamides is 1. The van der Waals surface area contributed by atoms with Crippen LogP contribution in [0.25, 0.3) is 0 Å². The zero-order chi connectivity index (χ0) is 17.0. The van der Waals surface area contributed by atoms with Crippen molar-refractivity contribution in [2.45, 2.75) is 49.0 Å². The summed E-state index contributed by atoms with van der Waals surface area (Å²) in [4.78, 5) is 2.49. The Balaban J connectivity index is 1.59. The van der Waals surface area contributed by atoms with E-state index in [1.54, 1.807) is 12.1 Å². The third-order valence-electron chi connectivity index (χ3n) is 5.11. The van der Waals surface area contributed by atoms with Crippen molar-refractivity contribution < 1.29 is 13.2 Å². The summed E-state index contributed by atoms with van der Waals surface area (Å²) in [5.74, 6) is 0.592. The number of rotatable bonds is 5. The van der Waals surface area contributed by atoms with Crippen molar-refractivity contribution in [3.05, 3.63) is 29.8 Å². The molecule has 1 aliphatic heterocycles. The average Bonchev–Trinajstić information content (AvgIpc) is 2.61. The highest BCUT2D eigenvalue weighted by atomic mass is 32.2. The maximum atomic E-state index is 12.5. The van der Waals surface area contributed by atoms with E-state index >= 15 is 0 Å². The van der Waals surface area contributed by atoms with Gasteiger partial charge in [-0.1, -0.05) is 31.4 Å². The van der Waals surface area contributed by atoms with Crippen molar-refractivity contribution in [1.29, 1.82) is 0 Å². The van der Waals surface area contributed by atoms with Crippen LogP contribution in [0.3, 0.4) is 0 Å². The van der Waals surface area contributed by atoms with Crippen LogP contribution < -0.4 is 4.72 Å². The number of benzene rings is 1. The molecule has 1 aromatic rings. The number of nitrogens with one attached hydrogen (secondary N) is 1. The highest BCUT2D eigenvalue weighted by molar-refractivity contribution is 7.89. The third-order valence-corrected chi connectivity index (χ3v) is 6.55. The predicted molar refractivity (Wildman–Crippen MR) is 94.7 cm³/mol. The minimum Gasteiger partial charge on any atom is -0.374 e. The molecule has 1 atom stereocenters. The fraction of sp³-hybridized carbons (Fsp3) is 0.667. The average molecular weight is 353 g/mol. The summed E-state index contributed by atoms with van der Waals surface area (Å²) in [7, 11) is -1.45. The summed E-state index contributed by atoms with van der Waals surface area (Å²) in [5, 5.41) is 0. The van der Waals surface area contributed by atoms with E-state index in [9.17, 15) is 8.42 Å². The molecular weight excluding hydrogens is 324 g/mol. The number of nitrogens with zero attached hydrogens (tertiary/aromatic N) is 1. The Kier molecular flexibility index (Phi) is 5.92. The molecule has 134 valence electrons. The fourth-order valence-corrected chi connectivity index (χ4v) is 4.70. The van der Waals surface area contributed by atoms with Gasteiger partial charge in [0.2, 0.25) is 10.0 Å². The molecule has 0 unspecified atom stereocenters. The van der Waals surface area contributed by atoms with Crippen molar-refractivity contribution >= 4 is 10.0 Å². The van der Waals surface area contributed by atoms with Gasteiger partial charge in [-0.05, 0) is 43.5 Å². The minimum absolute atomic E-state index is 0.0833. The van der Waals surface area contributed by atoms with Crippen LogP contribution in [-0.4, -0.2) is 52.7 Å². The van der Waals surface area contributed by atoms with Gasteiger partial charge in [0.15, 0.2) is 0 Å². The van der Waals surface area contributed by atoms with Crippen molar-refractivity contribution in [2.24, 2.45) is 0 Å². The molecule has 3 rings (SSSR count). The fourth-order valence-electron chi connectivity index (χ4n) is 3.63. The lowest BCUT2D eigenvalue weighted by Gasteiger charge is -2.30. The van der Waals surface area contributed by atoms with Crippen LogP contribution in [0.1, 0.15) is 43.6 Å². The minimum atomic E-state index is -3.47. The van der Waals surface area contributed by atoms with Crippen LogP contribution in [-0.2, 0) is 14.8 Å². The lowest BCUT2D eigenvalue weighted by Crippen LogP contribution is -2.45. The van der Waals surface area contributed by atoms with Gasteiger partial charge in [-0.15, -0.1) is 0 Å². The largest absolute Gasteiger partial charge is 0.374 e. The smallest absolute Gasteiger partial charge is 0.240 e. The molecule has 1 heterocycles. The Bertz CT molecular complexity index is 624. The van der Waals surface area contributed by atoms with Crippen molar-refractivity contribution in [3.63, 3.8) is 0 Å². The zero-order valence-electron chi connectivity index (χ0n) is 14.4. The molecule has 1 aromatic carbocycles. The molecule has 6 heteroatoms. The van der Waals surface area contributed by atoms with Crippen LogP contribution in [0.2, 0.25) is 0 Å². The number of likely N-dealkylation sites (N-methyl/N-ethyl adjacent to an activating group) is 1. The van der Waals surface area contributed by atoms with E-state index in [-0.39, 0.29) is 6.10 Å². The van der Waals surface area contributed by atoms with Gasteiger partial charge in [0, 0.05) is 19.6 Å². The molecule has 1 saturated carbocycles. The zero-order valence-corrected chi connectivity index (χ0v) is 15.2. The molecular formula is C18H28N2O3S. The Hall–Kier alpha value is -0.950. The molecule has 1 N–H and O–H groups in total. The van der Waals surface area contributed by atoms with Gasteiger partial charge in [0.25, 0.3) is 0 Å². The molecule has 0 spiro atoms. The SMILES string of the molecule is CN1CCO[C@@H](CNS(=O)(=O)c2ccc(C3CCCCC3)cc2)C1. The standard InChI is InChI=1S/C18H28N2O3S/c1-20-11-12-23-17(14-20)13-19-24(21,22)18-9-7-16(8-10-18)15-5-3-2-4-6-15/h7-10,15,17,19H,2-6,11-14H2,1H3/t17-/m0/s1. The Morgan fingerprint density at radius 2 is 1.88 bits per heavy atom. The molecule has 0 aromatic heterocycles. The Morgan fingerprint density at radius 3 is 2.54 bits per heavy atom.